The van der Waals surface area contributed by atoms with E-state index in [1.54, 1.807) is 0 Å². The molecule has 1 aromatic rings. The summed E-state index contributed by atoms with van der Waals surface area (Å²) in [6.07, 6.45) is 1.22. The molecule has 0 fully saturated rings. The van der Waals surface area contributed by atoms with Gasteiger partial charge in [-0.2, -0.15) is 11.8 Å². The molecule has 0 atom stereocenters. The van der Waals surface area contributed by atoms with Crippen molar-refractivity contribution in [2.45, 2.75) is 59.6 Å². The normalized spacial score (nSPS) is 13.8. The van der Waals surface area contributed by atoms with E-state index < -0.39 is 0 Å². The maximum atomic E-state index is 4.38. The summed E-state index contributed by atoms with van der Waals surface area (Å²) in [7, 11) is 1.84. The quantitative estimate of drug-likeness (QED) is 0.429. The lowest BCUT2D eigenvalue weighted by Gasteiger charge is -2.42. The van der Waals surface area contributed by atoms with Crippen LogP contribution in [0.25, 0.3) is 0 Å². The third kappa shape index (κ3) is 8.13. The van der Waals surface area contributed by atoms with Crippen molar-refractivity contribution in [2.75, 3.05) is 31.2 Å². The fraction of sp³-hybridized carbons (Fsp3) is 0.682. The molecule has 26 heavy (non-hydrogen) atoms. The van der Waals surface area contributed by atoms with Crippen molar-refractivity contribution in [2.24, 2.45) is 15.8 Å². The SMILES string of the molecule is CN=C(CNCC(C)(C)C(C)(C)CCSC(C)(C)C)Nc1ccccc1. The van der Waals surface area contributed by atoms with Gasteiger partial charge in [0, 0.05) is 24.0 Å². The van der Waals surface area contributed by atoms with E-state index in [1.807, 2.05) is 25.2 Å². The molecule has 0 aliphatic heterocycles. The van der Waals surface area contributed by atoms with Gasteiger partial charge in [-0.1, -0.05) is 66.7 Å². The Morgan fingerprint density at radius 2 is 1.58 bits per heavy atom. The number of rotatable bonds is 9. The van der Waals surface area contributed by atoms with Crippen LogP contribution in [0.1, 0.15) is 54.9 Å². The topological polar surface area (TPSA) is 36.4 Å². The maximum absolute atomic E-state index is 4.38. The maximum Gasteiger partial charge on any atom is 0.114 e. The average Bonchev–Trinajstić information content (AvgIpc) is 2.53. The van der Waals surface area contributed by atoms with Crippen LogP contribution in [0.3, 0.4) is 0 Å². The van der Waals surface area contributed by atoms with Gasteiger partial charge in [0.25, 0.3) is 0 Å². The molecular formula is C22H39N3S. The van der Waals surface area contributed by atoms with Crippen molar-refractivity contribution < 1.29 is 0 Å². The van der Waals surface area contributed by atoms with Crippen LogP contribution in [-0.4, -0.2) is 36.5 Å². The van der Waals surface area contributed by atoms with E-state index in [-0.39, 0.29) is 10.8 Å². The molecule has 1 aromatic carbocycles. The van der Waals surface area contributed by atoms with Crippen LogP contribution in [-0.2, 0) is 0 Å². The zero-order valence-corrected chi connectivity index (χ0v) is 18.9. The zero-order chi connectivity index (χ0) is 19.8. The van der Waals surface area contributed by atoms with Crippen molar-refractivity contribution in [1.82, 2.24) is 5.32 Å². The monoisotopic (exact) mass is 377 g/mol. The van der Waals surface area contributed by atoms with Gasteiger partial charge >= 0.3 is 0 Å². The largest absolute Gasteiger partial charge is 0.343 e. The van der Waals surface area contributed by atoms with E-state index in [9.17, 15) is 0 Å². The number of benzene rings is 1. The van der Waals surface area contributed by atoms with Gasteiger partial charge < -0.3 is 10.6 Å². The Labute approximate surface area is 165 Å². The first-order chi connectivity index (χ1) is 12.0. The molecule has 0 unspecified atom stereocenters. The van der Waals surface area contributed by atoms with Crippen LogP contribution < -0.4 is 10.6 Å². The minimum absolute atomic E-state index is 0.205. The molecule has 3 nitrogen and oxygen atoms in total. The molecule has 0 amide bonds. The molecule has 0 aliphatic rings. The molecule has 0 aromatic heterocycles. The molecule has 0 spiro atoms. The Bertz CT molecular complexity index is 557. The summed E-state index contributed by atoms with van der Waals surface area (Å²) in [6.45, 7) is 18.1. The molecule has 0 heterocycles. The van der Waals surface area contributed by atoms with Crippen LogP contribution in [0.2, 0.25) is 0 Å². The molecule has 4 heteroatoms. The highest BCUT2D eigenvalue weighted by Gasteiger charge is 2.36. The van der Waals surface area contributed by atoms with Gasteiger partial charge in [0.1, 0.15) is 5.84 Å². The van der Waals surface area contributed by atoms with Gasteiger partial charge in [-0.3, -0.25) is 4.99 Å². The standard InChI is InChI=1S/C22H39N3S/c1-20(2,3)26-15-14-21(4,5)22(6,7)17-24-16-19(23-8)25-18-12-10-9-11-13-18/h9-13,24H,14-17H2,1-8H3,(H,23,25). The van der Waals surface area contributed by atoms with Crippen molar-refractivity contribution in [1.29, 1.82) is 0 Å². The fourth-order valence-electron chi connectivity index (χ4n) is 2.55. The Morgan fingerprint density at radius 3 is 2.12 bits per heavy atom. The van der Waals surface area contributed by atoms with Gasteiger partial charge in [0.2, 0.25) is 0 Å². The van der Waals surface area contributed by atoms with Crippen LogP contribution in [0, 0.1) is 10.8 Å². The number of para-hydroxylation sites is 1. The molecular weight excluding hydrogens is 338 g/mol. The number of aliphatic imine (C=N–C) groups is 1. The molecule has 0 bridgehead atoms. The lowest BCUT2D eigenvalue weighted by atomic mass is 9.66. The number of anilines is 1. The Kier molecular flexibility index (Phi) is 8.68. The average molecular weight is 378 g/mol. The molecule has 0 saturated heterocycles. The van der Waals surface area contributed by atoms with Crippen LogP contribution in [0.4, 0.5) is 5.69 Å². The van der Waals surface area contributed by atoms with Crippen molar-refractivity contribution in [3.05, 3.63) is 30.3 Å². The second-order valence-corrected chi connectivity index (χ2v) is 11.2. The predicted octanol–water partition coefficient (Wildman–Crippen LogP) is 5.69. The number of hydrogen-bond donors (Lipinski definition) is 2. The van der Waals surface area contributed by atoms with Gasteiger partial charge in [0.05, 0.1) is 6.54 Å². The molecule has 2 N–H and O–H groups in total. The lowest BCUT2D eigenvalue weighted by molar-refractivity contribution is 0.106. The van der Waals surface area contributed by atoms with Crippen molar-refractivity contribution >= 4 is 23.3 Å². The number of hydrogen-bond acceptors (Lipinski definition) is 3. The Morgan fingerprint density at radius 1 is 0.962 bits per heavy atom. The van der Waals surface area contributed by atoms with E-state index in [1.165, 1.54) is 12.2 Å². The van der Waals surface area contributed by atoms with Gasteiger partial charge in [-0.05, 0) is 35.1 Å². The van der Waals surface area contributed by atoms with Gasteiger partial charge in [0.15, 0.2) is 0 Å². The summed E-state index contributed by atoms with van der Waals surface area (Å²) in [6, 6.07) is 10.2. The Hall–Kier alpha value is -1.00. The van der Waals surface area contributed by atoms with Gasteiger partial charge in [-0.15, -0.1) is 0 Å². The Balaban J connectivity index is 2.49. The second-order valence-electron chi connectivity index (χ2n) is 9.24. The van der Waals surface area contributed by atoms with E-state index >= 15 is 0 Å². The number of nitrogens with zero attached hydrogens (tertiary/aromatic N) is 1. The van der Waals surface area contributed by atoms with E-state index in [4.69, 9.17) is 0 Å². The molecule has 1 rings (SSSR count). The van der Waals surface area contributed by atoms with Gasteiger partial charge in [-0.25, -0.2) is 0 Å². The third-order valence-corrected chi connectivity index (χ3v) is 6.56. The highest BCUT2D eigenvalue weighted by atomic mass is 32.2. The number of amidine groups is 1. The zero-order valence-electron chi connectivity index (χ0n) is 18.1. The fourth-order valence-corrected chi connectivity index (χ4v) is 3.78. The predicted molar refractivity (Wildman–Crippen MR) is 121 cm³/mol. The van der Waals surface area contributed by atoms with Crippen LogP contribution >= 0.6 is 11.8 Å². The molecule has 0 saturated carbocycles. The number of nitrogens with one attached hydrogen (secondary N) is 2. The summed E-state index contributed by atoms with van der Waals surface area (Å²) in [5.74, 6) is 2.17. The van der Waals surface area contributed by atoms with E-state index in [0.29, 0.717) is 4.75 Å². The van der Waals surface area contributed by atoms with Crippen molar-refractivity contribution in [3.63, 3.8) is 0 Å². The molecule has 0 aliphatic carbocycles. The van der Waals surface area contributed by atoms with Crippen LogP contribution in [0.15, 0.2) is 35.3 Å². The first-order valence-corrected chi connectivity index (χ1v) is 10.6. The van der Waals surface area contributed by atoms with Crippen molar-refractivity contribution in [3.8, 4) is 0 Å². The highest BCUT2D eigenvalue weighted by molar-refractivity contribution is 8.00. The summed E-state index contributed by atoms with van der Waals surface area (Å²) in [5.41, 5.74) is 1.56. The minimum Gasteiger partial charge on any atom is -0.343 e. The summed E-state index contributed by atoms with van der Waals surface area (Å²) in [4.78, 5) is 4.38. The van der Waals surface area contributed by atoms with E-state index in [2.05, 4.69) is 88.0 Å². The first kappa shape index (κ1) is 23.0. The smallest absolute Gasteiger partial charge is 0.114 e. The molecule has 0 radical (unpaired) electrons. The summed E-state index contributed by atoms with van der Waals surface area (Å²) >= 11 is 2.06. The summed E-state index contributed by atoms with van der Waals surface area (Å²) < 4.78 is 0.341. The minimum atomic E-state index is 0.205. The van der Waals surface area contributed by atoms with E-state index in [0.717, 1.165) is 24.6 Å². The highest BCUT2D eigenvalue weighted by Crippen LogP contribution is 2.42. The summed E-state index contributed by atoms with van der Waals surface area (Å²) in [5, 5.41) is 7.00. The number of thioether (sulfide) groups is 1. The van der Waals surface area contributed by atoms with Crippen LogP contribution in [0.5, 0.6) is 0 Å². The lowest BCUT2D eigenvalue weighted by Crippen LogP contribution is -2.43. The molecule has 148 valence electrons. The third-order valence-electron chi connectivity index (χ3n) is 5.29. The second kappa shape index (κ2) is 9.80. The first-order valence-electron chi connectivity index (χ1n) is 9.59.